The Kier molecular flexibility index (Phi) is 6.73. The quantitative estimate of drug-likeness (QED) is 0.172. The summed E-state index contributed by atoms with van der Waals surface area (Å²) >= 11 is 16.4. The lowest BCUT2D eigenvalue weighted by molar-refractivity contribution is -0.130. The van der Waals surface area contributed by atoms with Crippen LogP contribution in [0.4, 0.5) is 5.69 Å². The number of amides is 2. The molecule has 0 unspecified atom stereocenters. The van der Waals surface area contributed by atoms with Gasteiger partial charge < -0.3 is 0 Å². The fourth-order valence-corrected chi connectivity index (χ4v) is 8.94. The Labute approximate surface area is 284 Å². The van der Waals surface area contributed by atoms with Gasteiger partial charge in [-0.2, -0.15) is 0 Å². The SMILES string of the molecule is O=C1[C@@H]2[C@H](C(=O)N1c1ccccc1Br)[C@]1(c3ccc(Cl)cc3)C(=O)[C@@]2(c2ccc(Cl)cc2)C(c2ccccc2)=C1c1ccccc1. The monoisotopic (exact) mass is 703 g/mol. The molecule has 1 saturated carbocycles. The van der Waals surface area contributed by atoms with Crippen molar-refractivity contribution in [2.45, 2.75) is 10.8 Å². The third-order valence-electron chi connectivity index (χ3n) is 9.81. The van der Waals surface area contributed by atoms with E-state index in [-0.39, 0.29) is 5.78 Å². The number of fused-ring (bicyclic) bond motifs is 5. The van der Waals surface area contributed by atoms with Gasteiger partial charge in [0, 0.05) is 14.5 Å². The Balaban J connectivity index is 1.57. The van der Waals surface area contributed by atoms with Gasteiger partial charge in [0.15, 0.2) is 5.78 Å². The number of Topliss-reactive ketones (excluding diaryl/α,β-unsaturated/α-hetero) is 1. The van der Waals surface area contributed by atoms with Gasteiger partial charge >= 0.3 is 0 Å². The van der Waals surface area contributed by atoms with Crippen molar-refractivity contribution in [1.29, 1.82) is 0 Å². The molecule has 8 rings (SSSR count). The van der Waals surface area contributed by atoms with Crippen molar-refractivity contribution in [2.75, 3.05) is 4.90 Å². The summed E-state index contributed by atoms with van der Waals surface area (Å²) in [5, 5.41) is 1.00. The van der Waals surface area contributed by atoms with Gasteiger partial charge in [-0.15, -0.1) is 0 Å². The van der Waals surface area contributed by atoms with Crippen molar-refractivity contribution in [3.05, 3.63) is 170 Å². The summed E-state index contributed by atoms with van der Waals surface area (Å²) < 4.78 is 0.607. The number of carbonyl (C=O) groups is 3. The molecular weight excluding hydrogens is 681 g/mol. The number of carbonyl (C=O) groups excluding carboxylic acids is 3. The Morgan fingerprint density at radius 1 is 0.522 bits per heavy atom. The molecule has 5 aromatic rings. The molecule has 4 nitrogen and oxygen atoms in total. The number of halogens is 3. The molecule has 2 bridgehead atoms. The van der Waals surface area contributed by atoms with Crippen LogP contribution in [-0.4, -0.2) is 17.6 Å². The molecule has 1 saturated heterocycles. The highest BCUT2D eigenvalue weighted by atomic mass is 79.9. The van der Waals surface area contributed by atoms with Crippen molar-refractivity contribution in [1.82, 2.24) is 0 Å². The Hall–Kier alpha value is -4.29. The molecule has 5 aromatic carbocycles. The highest BCUT2D eigenvalue weighted by Gasteiger charge is 2.82. The minimum absolute atomic E-state index is 0.203. The van der Waals surface area contributed by atoms with Crippen LogP contribution in [0.1, 0.15) is 22.3 Å². The lowest BCUT2D eigenvalue weighted by atomic mass is 9.59. The number of ketones is 1. The van der Waals surface area contributed by atoms with Crippen molar-refractivity contribution in [2.24, 2.45) is 11.8 Å². The normalized spacial score (nSPS) is 25.0. The molecule has 2 fully saturated rings. The zero-order chi connectivity index (χ0) is 31.8. The molecular formula is C39H24BrCl2NO3. The Morgan fingerprint density at radius 2 is 0.913 bits per heavy atom. The second-order valence-electron chi connectivity index (χ2n) is 11.9. The van der Waals surface area contributed by atoms with Gasteiger partial charge in [-0.05, 0) is 85.7 Å². The summed E-state index contributed by atoms with van der Waals surface area (Å²) in [5.41, 5.74) is 1.71. The molecule has 2 amide bonds. The van der Waals surface area contributed by atoms with Crippen LogP contribution in [0.2, 0.25) is 10.0 Å². The summed E-state index contributed by atoms with van der Waals surface area (Å²) in [6, 6.07) is 40.9. The highest BCUT2D eigenvalue weighted by Crippen LogP contribution is 2.74. The standard InChI is InChI=1S/C39H24BrCl2NO3/c40-29-13-7-8-14-30(29)43-35(44)33-34(36(43)45)39(26-17-21-28(42)22-18-26)32(24-11-5-2-6-12-24)31(23-9-3-1-4-10-23)38(33,37(39)46)25-15-19-27(41)20-16-25/h1-22,33-34H/t33-,34+,38-,39+. The first-order valence-corrected chi connectivity index (χ1v) is 16.4. The van der Waals surface area contributed by atoms with Crippen molar-refractivity contribution in [3.8, 4) is 0 Å². The van der Waals surface area contributed by atoms with Crippen molar-refractivity contribution >= 4 is 73.6 Å². The molecule has 1 aliphatic heterocycles. The number of para-hydroxylation sites is 1. The van der Waals surface area contributed by atoms with Gasteiger partial charge in [-0.25, -0.2) is 4.90 Å². The number of anilines is 1. The third-order valence-corrected chi connectivity index (χ3v) is 11.0. The van der Waals surface area contributed by atoms with Crippen LogP contribution < -0.4 is 4.90 Å². The largest absolute Gasteiger partial charge is 0.297 e. The lowest BCUT2D eigenvalue weighted by Crippen LogP contribution is -2.45. The smallest absolute Gasteiger partial charge is 0.239 e. The van der Waals surface area contributed by atoms with Gasteiger partial charge in [0.05, 0.1) is 28.4 Å². The van der Waals surface area contributed by atoms with Crippen molar-refractivity contribution < 1.29 is 14.4 Å². The zero-order valence-electron chi connectivity index (χ0n) is 24.2. The van der Waals surface area contributed by atoms with Gasteiger partial charge in [0.2, 0.25) is 11.8 Å². The van der Waals surface area contributed by atoms with Crippen LogP contribution in [-0.2, 0) is 25.2 Å². The molecule has 0 aromatic heterocycles. The Bertz CT molecular complexity index is 1970. The fraction of sp³-hybridized carbons (Fsp3) is 0.103. The van der Waals surface area contributed by atoms with E-state index in [9.17, 15) is 0 Å². The van der Waals surface area contributed by atoms with Gasteiger partial charge in [0.25, 0.3) is 0 Å². The van der Waals surface area contributed by atoms with E-state index in [1.807, 2.05) is 91.0 Å². The third kappa shape index (κ3) is 3.71. The molecule has 4 atom stereocenters. The highest BCUT2D eigenvalue weighted by molar-refractivity contribution is 9.10. The molecule has 0 radical (unpaired) electrons. The Morgan fingerprint density at radius 3 is 1.33 bits per heavy atom. The van der Waals surface area contributed by atoms with Crippen molar-refractivity contribution in [3.63, 3.8) is 0 Å². The van der Waals surface area contributed by atoms with E-state index in [0.29, 0.717) is 31.3 Å². The predicted molar refractivity (Wildman–Crippen MR) is 185 cm³/mol. The van der Waals surface area contributed by atoms with E-state index in [2.05, 4.69) is 15.9 Å². The second kappa shape index (κ2) is 10.6. The van der Waals surface area contributed by atoms with E-state index in [1.165, 1.54) is 4.90 Å². The molecule has 1 heterocycles. The maximum Gasteiger partial charge on any atom is 0.239 e. The molecule has 0 N–H and O–H groups in total. The number of benzene rings is 5. The molecule has 2 aliphatic carbocycles. The molecule has 3 aliphatic rings. The number of nitrogens with zero attached hydrogens (tertiary/aromatic N) is 1. The number of allylic oxidation sites excluding steroid dienone is 2. The minimum atomic E-state index is -1.51. The van der Waals surface area contributed by atoms with Gasteiger partial charge in [0.1, 0.15) is 0 Å². The average molecular weight is 705 g/mol. The van der Waals surface area contributed by atoms with E-state index in [0.717, 1.165) is 22.3 Å². The average Bonchev–Trinajstić information content (AvgIpc) is 3.58. The van der Waals surface area contributed by atoms with Crippen LogP contribution in [0.3, 0.4) is 0 Å². The first-order valence-electron chi connectivity index (χ1n) is 14.9. The van der Waals surface area contributed by atoms with Crippen LogP contribution in [0, 0.1) is 11.8 Å². The van der Waals surface area contributed by atoms with Crippen LogP contribution >= 0.6 is 39.1 Å². The number of hydrogen-bond donors (Lipinski definition) is 0. The molecule has 0 spiro atoms. The number of imide groups is 1. The fourth-order valence-electron chi connectivity index (χ4n) is 8.23. The lowest BCUT2D eigenvalue weighted by Gasteiger charge is -2.39. The maximum atomic E-state index is 15.9. The summed E-state index contributed by atoms with van der Waals surface area (Å²) in [7, 11) is 0. The van der Waals surface area contributed by atoms with E-state index in [1.54, 1.807) is 42.5 Å². The van der Waals surface area contributed by atoms with E-state index < -0.39 is 34.5 Å². The summed E-state index contributed by atoms with van der Waals surface area (Å²) in [6.45, 7) is 0. The number of hydrogen-bond acceptors (Lipinski definition) is 3. The molecule has 224 valence electrons. The first kappa shape index (κ1) is 29.1. The summed E-state index contributed by atoms with van der Waals surface area (Å²) in [4.78, 5) is 47.3. The van der Waals surface area contributed by atoms with E-state index in [4.69, 9.17) is 23.2 Å². The summed E-state index contributed by atoms with van der Waals surface area (Å²) in [5.74, 6) is -3.09. The van der Waals surface area contributed by atoms with Gasteiger partial charge in [-0.1, -0.05) is 120 Å². The van der Waals surface area contributed by atoms with Crippen LogP contribution in [0.25, 0.3) is 11.1 Å². The zero-order valence-corrected chi connectivity index (χ0v) is 27.3. The van der Waals surface area contributed by atoms with E-state index >= 15 is 14.4 Å². The first-order chi connectivity index (χ1) is 22.3. The topological polar surface area (TPSA) is 54.5 Å². The maximum absolute atomic E-state index is 15.9. The summed E-state index contributed by atoms with van der Waals surface area (Å²) in [6.07, 6.45) is 0. The predicted octanol–water partition coefficient (Wildman–Crippen LogP) is 8.94. The number of rotatable bonds is 5. The molecule has 7 heteroatoms. The molecule has 46 heavy (non-hydrogen) atoms. The van der Waals surface area contributed by atoms with Crippen LogP contribution in [0.5, 0.6) is 0 Å². The van der Waals surface area contributed by atoms with Crippen LogP contribution in [0.15, 0.2) is 138 Å². The van der Waals surface area contributed by atoms with Gasteiger partial charge in [-0.3, -0.25) is 14.4 Å². The second-order valence-corrected chi connectivity index (χ2v) is 13.6. The minimum Gasteiger partial charge on any atom is -0.297 e.